The maximum atomic E-state index is 5.54. The number of nitrogens with two attached hydrogens (primary N) is 1. The normalized spacial score (nSPS) is 10.4. The van der Waals surface area contributed by atoms with Crippen molar-refractivity contribution in [1.82, 2.24) is 24.7 Å². The zero-order valence-electron chi connectivity index (χ0n) is 8.88. The van der Waals surface area contributed by atoms with Crippen molar-refractivity contribution in [2.24, 2.45) is 5.73 Å². The molecule has 0 aliphatic heterocycles. The molecule has 2 aromatic heterocycles. The van der Waals surface area contributed by atoms with E-state index in [1.165, 1.54) is 0 Å². The van der Waals surface area contributed by atoms with Crippen molar-refractivity contribution < 1.29 is 0 Å². The molecule has 2 rings (SSSR count). The third-order valence-corrected chi connectivity index (χ3v) is 2.34. The Hall–Kier alpha value is -1.89. The third-order valence-electron chi connectivity index (χ3n) is 2.16. The van der Waals surface area contributed by atoms with E-state index >= 15 is 0 Å². The van der Waals surface area contributed by atoms with Gasteiger partial charge in [-0.2, -0.15) is 5.10 Å². The summed E-state index contributed by atoms with van der Waals surface area (Å²) in [6, 6.07) is 0. The van der Waals surface area contributed by atoms with Crippen molar-refractivity contribution in [2.75, 3.05) is 0 Å². The Kier molecular flexibility index (Phi) is 2.61. The molecule has 0 aromatic carbocycles. The van der Waals surface area contributed by atoms with E-state index in [0.29, 0.717) is 11.8 Å². The summed E-state index contributed by atoms with van der Waals surface area (Å²) in [5, 5.41) is 7.96. The van der Waals surface area contributed by atoms with E-state index in [1.54, 1.807) is 17.0 Å². The minimum absolute atomic E-state index is 0.201. The lowest BCUT2D eigenvalue weighted by atomic mass is 10.4. The van der Waals surface area contributed by atoms with E-state index < -0.39 is 0 Å². The Morgan fingerprint density at radius 1 is 1.31 bits per heavy atom. The second-order valence-electron chi connectivity index (χ2n) is 3.27. The lowest BCUT2D eigenvalue weighted by Crippen LogP contribution is -2.18. The molecule has 0 aliphatic rings. The summed E-state index contributed by atoms with van der Waals surface area (Å²) in [6.07, 6.45) is 3.29. The number of imidazole rings is 1. The SMILES string of the molecule is Cc1nnc(-n2ccnc2C(N)=S)nc1C. The van der Waals surface area contributed by atoms with Crippen molar-refractivity contribution in [3.63, 3.8) is 0 Å². The van der Waals surface area contributed by atoms with E-state index in [0.717, 1.165) is 11.4 Å². The molecule has 0 amide bonds. The van der Waals surface area contributed by atoms with Gasteiger partial charge in [0.25, 0.3) is 5.95 Å². The van der Waals surface area contributed by atoms with Crippen molar-refractivity contribution in [1.29, 1.82) is 0 Å². The summed E-state index contributed by atoms with van der Waals surface area (Å²) in [5.41, 5.74) is 7.14. The first-order valence-electron chi connectivity index (χ1n) is 4.61. The standard InChI is InChI=1S/C9H10N6S/c1-5-6(2)13-14-9(12-5)15-4-3-11-8(15)7(10)16/h3-4H,1-2H3,(H2,10,16). The first-order valence-corrected chi connectivity index (χ1v) is 5.02. The molecule has 0 spiro atoms. The first kappa shape index (κ1) is 10.6. The number of nitrogens with zero attached hydrogens (tertiary/aromatic N) is 5. The Bertz CT molecular complexity index is 547. The van der Waals surface area contributed by atoms with Gasteiger partial charge < -0.3 is 5.73 Å². The highest BCUT2D eigenvalue weighted by Gasteiger charge is 2.10. The Morgan fingerprint density at radius 2 is 2.06 bits per heavy atom. The molecule has 0 saturated carbocycles. The molecule has 0 saturated heterocycles. The summed E-state index contributed by atoms with van der Waals surface area (Å²) >= 11 is 4.88. The van der Waals surface area contributed by atoms with Crippen LogP contribution < -0.4 is 5.73 Å². The molecule has 2 aromatic rings. The summed E-state index contributed by atoms with van der Waals surface area (Å²) in [6.45, 7) is 3.71. The molecule has 2 heterocycles. The average Bonchev–Trinajstić information content (AvgIpc) is 2.71. The molecule has 0 aliphatic carbocycles. The van der Waals surface area contributed by atoms with Crippen molar-refractivity contribution in [3.05, 3.63) is 29.6 Å². The van der Waals surface area contributed by atoms with Crippen LogP contribution in [0.1, 0.15) is 17.2 Å². The predicted octanol–water partition coefficient (Wildman–Crippen LogP) is 0.308. The second kappa shape index (κ2) is 3.93. The van der Waals surface area contributed by atoms with Crippen molar-refractivity contribution in [3.8, 4) is 5.95 Å². The van der Waals surface area contributed by atoms with Crippen LogP contribution in [0.4, 0.5) is 0 Å². The summed E-state index contributed by atoms with van der Waals surface area (Å²) in [5.74, 6) is 0.878. The number of rotatable bonds is 2. The molecule has 6 nitrogen and oxygen atoms in total. The molecule has 82 valence electrons. The minimum Gasteiger partial charge on any atom is -0.387 e. The van der Waals surface area contributed by atoms with Crippen LogP contribution in [0.2, 0.25) is 0 Å². The molecule has 2 N–H and O–H groups in total. The van der Waals surface area contributed by atoms with Crippen molar-refractivity contribution >= 4 is 17.2 Å². The van der Waals surface area contributed by atoms with Crippen LogP contribution in [-0.2, 0) is 0 Å². The molecular weight excluding hydrogens is 224 g/mol. The molecule has 0 atom stereocenters. The van der Waals surface area contributed by atoms with Crippen LogP contribution in [0, 0.1) is 13.8 Å². The van der Waals surface area contributed by atoms with Crippen LogP contribution >= 0.6 is 12.2 Å². The Balaban J connectivity index is 2.54. The van der Waals surface area contributed by atoms with E-state index in [1.807, 2.05) is 13.8 Å². The van der Waals surface area contributed by atoms with Crippen LogP contribution in [0.5, 0.6) is 0 Å². The molecule has 0 radical (unpaired) electrons. The van der Waals surface area contributed by atoms with Gasteiger partial charge in [0.1, 0.15) is 4.99 Å². The zero-order chi connectivity index (χ0) is 11.7. The van der Waals surface area contributed by atoms with Gasteiger partial charge in [-0.1, -0.05) is 12.2 Å². The van der Waals surface area contributed by atoms with Gasteiger partial charge in [0.15, 0.2) is 5.82 Å². The third kappa shape index (κ3) is 1.76. The molecule has 0 bridgehead atoms. The fraction of sp³-hybridized carbons (Fsp3) is 0.222. The minimum atomic E-state index is 0.201. The number of thiocarbonyl (C=S) groups is 1. The number of hydrogen-bond acceptors (Lipinski definition) is 5. The number of aryl methyl sites for hydroxylation is 2. The van der Waals surface area contributed by atoms with E-state index in [-0.39, 0.29) is 4.99 Å². The van der Waals surface area contributed by atoms with Gasteiger partial charge in [0.2, 0.25) is 0 Å². The van der Waals surface area contributed by atoms with Gasteiger partial charge in [-0.15, -0.1) is 5.10 Å². The van der Waals surface area contributed by atoms with E-state index in [2.05, 4.69) is 20.2 Å². The fourth-order valence-corrected chi connectivity index (χ4v) is 1.35. The lowest BCUT2D eigenvalue weighted by Gasteiger charge is -2.05. The number of hydrogen-bond donors (Lipinski definition) is 1. The van der Waals surface area contributed by atoms with Gasteiger partial charge in [0, 0.05) is 12.4 Å². The van der Waals surface area contributed by atoms with Gasteiger partial charge in [-0.3, -0.25) is 4.57 Å². The Labute approximate surface area is 97.5 Å². The average molecular weight is 234 g/mol. The molecule has 0 fully saturated rings. The molecule has 0 unspecified atom stereocenters. The molecule has 16 heavy (non-hydrogen) atoms. The highest BCUT2D eigenvalue weighted by Crippen LogP contribution is 2.06. The maximum absolute atomic E-state index is 5.54. The predicted molar refractivity (Wildman–Crippen MR) is 62.3 cm³/mol. The first-order chi connectivity index (χ1) is 7.59. The van der Waals surface area contributed by atoms with Gasteiger partial charge in [-0.05, 0) is 13.8 Å². The lowest BCUT2D eigenvalue weighted by molar-refractivity contribution is 0.810. The quantitative estimate of drug-likeness (QED) is 0.753. The van der Waals surface area contributed by atoms with Gasteiger partial charge >= 0.3 is 0 Å². The highest BCUT2D eigenvalue weighted by molar-refractivity contribution is 7.80. The van der Waals surface area contributed by atoms with Crippen molar-refractivity contribution in [2.45, 2.75) is 13.8 Å². The van der Waals surface area contributed by atoms with Crippen LogP contribution in [-0.4, -0.2) is 29.7 Å². The van der Waals surface area contributed by atoms with E-state index in [4.69, 9.17) is 18.0 Å². The Morgan fingerprint density at radius 3 is 2.69 bits per heavy atom. The summed E-state index contributed by atoms with van der Waals surface area (Å²) in [7, 11) is 0. The molecule has 7 heteroatoms. The van der Waals surface area contributed by atoms with Gasteiger partial charge in [-0.25, -0.2) is 9.97 Å². The largest absolute Gasteiger partial charge is 0.387 e. The smallest absolute Gasteiger partial charge is 0.255 e. The summed E-state index contributed by atoms with van der Waals surface area (Å²) < 4.78 is 1.61. The van der Waals surface area contributed by atoms with Crippen LogP contribution in [0.3, 0.4) is 0 Å². The zero-order valence-corrected chi connectivity index (χ0v) is 9.69. The van der Waals surface area contributed by atoms with Crippen LogP contribution in [0.15, 0.2) is 12.4 Å². The highest BCUT2D eigenvalue weighted by atomic mass is 32.1. The van der Waals surface area contributed by atoms with Crippen LogP contribution in [0.25, 0.3) is 5.95 Å². The summed E-state index contributed by atoms with van der Waals surface area (Å²) in [4.78, 5) is 8.53. The number of aromatic nitrogens is 5. The molecular formula is C9H10N6S. The van der Waals surface area contributed by atoms with Gasteiger partial charge in [0.05, 0.1) is 11.4 Å². The second-order valence-corrected chi connectivity index (χ2v) is 3.71. The maximum Gasteiger partial charge on any atom is 0.255 e. The van der Waals surface area contributed by atoms with E-state index in [9.17, 15) is 0 Å². The monoisotopic (exact) mass is 234 g/mol. The topological polar surface area (TPSA) is 82.5 Å². The fourth-order valence-electron chi connectivity index (χ4n) is 1.19.